The second kappa shape index (κ2) is 9.93. The van der Waals surface area contributed by atoms with Crippen LogP contribution in [0, 0.1) is 6.92 Å². The number of aliphatic hydroxyl groups excluding tert-OH is 1. The van der Waals surface area contributed by atoms with Gasteiger partial charge in [0.25, 0.3) is 5.91 Å². The van der Waals surface area contributed by atoms with E-state index in [4.69, 9.17) is 9.47 Å². The standard InChI is InChI=1S/C29H23N5O5S/c1-15-26(40-27(31-15)16-9-5-4-6-10-16)24(35)22-23(17-11-7-8-12-30-17)34(28(37)25(22)36)29-32-18-13-20(38-2)21(39-3)14-19(18)33-29/h4-14,23,36H,1-3H3,(H,32,33). The maximum atomic E-state index is 14.1. The van der Waals surface area contributed by atoms with Crippen LogP contribution in [0.5, 0.6) is 11.5 Å². The number of ketones is 1. The Kier molecular flexibility index (Phi) is 6.27. The molecule has 6 rings (SSSR count). The molecule has 40 heavy (non-hydrogen) atoms. The third-order valence-electron chi connectivity index (χ3n) is 6.65. The van der Waals surface area contributed by atoms with Crippen LogP contribution in [0.2, 0.25) is 0 Å². The number of nitrogens with zero attached hydrogens (tertiary/aromatic N) is 4. The number of rotatable bonds is 7. The van der Waals surface area contributed by atoms with E-state index in [1.807, 2.05) is 30.3 Å². The number of hydrogen-bond acceptors (Lipinski definition) is 9. The molecule has 2 aromatic carbocycles. The van der Waals surface area contributed by atoms with Crippen LogP contribution in [0.3, 0.4) is 0 Å². The number of nitrogens with one attached hydrogen (secondary N) is 1. The minimum absolute atomic E-state index is 0.0920. The van der Waals surface area contributed by atoms with Crippen molar-refractivity contribution in [2.45, 2.75) is 13.0 Å². The minimum Gasteiger partial charge on any atom is -0.503 e. The number of carbonyl (C=O) groups excluding carboxylic acids is 2. The van der Waals surface area contributed by atoms with Gasteiger partial charge in [-0.2, -0.15) is 0 Å². The van der Waals surface area contributed by atoms with Crippen molar-refractivity contribution in [1.82, 2.24) is 19.9 Å². The number of aromatic nitrogens is 4. The zero-order valence-corrected chi connectivity index (χ0v) is 22.5. The van der Waals surface area contributed by atoms with Crippen LogP contribution in [0.4, 0.5) is 5.95 Å². The maximum Gasteiger partial charge on any atom is 0.296 e. The zero-order chi connectivity index (χ0) is 28.0. The number of H-pyrrole nitrogens is 1. The summed E-state index contributed by atoms with van der Waals surface area (Å²) >= 11 is 1.21. The Morgan fingerprint density at radius 3 is 2.45 bits per heavy atom. The van der Waals surface area contributed by atoms with Crippen LogP contribution in [-0.2, 0) is 4.79 Å². The summed E-state index contributed by atoms with van der Waals surface area (Å²) in [6.07, 6.45) is 1.56. The molecular formula is C29H23N5O5S. The molecule has 0 saturated heterocycles. The number of imidazole rings is 1. The molecule has 1 amide bonds. The van der Waals surface area contributed by atoms with E-state index in [1.165, 1.54) is 30.5 Å². The molecule has 4 heterocycles. The van der Waals surface area contributed by atoms with Gasteiger partial charge < -0.3 is 19.6 Å². The SMILES string of the molecule is COc1cc2nc(N3C(=O)C(O)=C(C(=O)c4sc(-c5ccccc5)nc4C)C3c3ccccn3)[nH]c2cc1OC. The van der Waals surface area contributed by atoms with Crippen molar-refractivity contribution in [2.75, 3.05) is 19.1 Å². The fourth-order valence-electron chi connectivity index (χ4n) is 4.74. The van der Waals surface area contributed by atoms with Crippen molar-refractivity contribution in [1.29, 1.82) is 0 Å². The van der Waals surface area contributed by atoms with E-state index in [1.54, 1.807) is 43.5 Å². The van der Waals surface area contributed by atoms with E-state index in [-0.39, 0.29) is 11.5 Å². The fraction of sp³-hybridized carbons (Fsp3) is 0.138. The number of aliphatic hydroxyl groups is 1. The number of aromatic amines is 1. The number of ether oxygens (including phenoxy) is 2. The van der Waals surface area contributed by atoms with Gasteiger partial charge in [-0.25, -0.2) is 9.97 Å². The summed E-state index contributed by atoms with van der Waals surface area (Å²) in [7, 11) is 3.04. The number of carbonyl (C=O) groups is 2. The normalized spacial score (nSPS) is 15.2. The van der Waals surface area contributed by atoms with Gasteiger partial charge in [-0.1, -0.05) is 36.4 Å². The predicted molar refractivity (Wildman–Crippen MR) is 150 cm³/mol. The van der Waals surface area contributed by atoms with Crippen molar-refractivity contribution >= 4 is 40.0 Å². The first kappa shape index (κ1) is 25.3. The van der Waals surface area contributed by atoms with Gasteiger partial charge in [0.15, 0.2) is 17.3 Å². The molecule has 3 aromatic heterocycles. The molecule has 10 nitrogen and oxygen atoms in total. The molecule has 1 aliphatic heterocycles. The molecule has 0 fully saturated rings. The molecule has 200 valence electrons. The number of benzene rings is 2. The van der Waals surface area contributed by atoms with Gasteiger partial charge in [0.2, 0.25) is 11.7 Å². The summed E-state index contributed by atoms with van der Waals surface area (Å²) in [5, 5.41) is 11.8. The summed E-state index contributed by atoms with van der Waals surface area (Å²) in [5.41, 5.74) is 2.75. The van der Waals surface area contributed by atoms with Crippen LogP contribution in [0.1, 0.15) is 27.1 Å². The second-order valence-corrected chi connectivity index (χ2v) is 10.0. The number of Topliss-reactive ketones (excluding diaryl/α,β-unsaturated/α-hetero) is 1. The third-order valence-corrected chi connectivity index (χ3v) is 7.85. The van der Waals surface area contributed by atoms with Crippen LogP contribution in [-0.4, -0.2) is 51.0 Å². The van der Waals surface area contributed by atoms with Gasteiger partial charge in [0, 0.05) is 23.9 Å². The molecule has 5 aromatic rings. The molecule has 0 spiro atoms. The summed E-state index contributed by atoms with van der Waals surface area (Å²) < 4.78 is 10.8. The molecular weight excluding hydrogens is 530 g/mol. The average molecular weight is 554 g/mol. The Labute approximate surface area is 232 Å². The minimum atomic E-state index is -1.03. The Hall–Kier alpha value is -5.03. The number of amides is 1. The molecule has 1 atom stereocenters. The highest BCUT2D eigenvalue weighted by Crippen LogP contribution is 2.43. The van der Waals surface area contributed by atoms with Crippen molar-refractivity contribution in [3.8, 4) is 22.1 Å². The Bertz CT molecular complexity index is 1750. The van der Waals surface area contributed by atoms with E-state index in [0.717, 1.165) is 5.56 Å². The monoisotopic (exact) mass is 553 g/mol. The molecule has 0 radical (unpaired) electrons. The van der Waals surface area contributed by atoms with Crippen LogP contribution in [0.15, 0.2) is 78.2 Å². The molecule has 11 heteroatoms. The number of fused-ring (bicyclic) bond motifs is 1. The lowest BCUT2D eigenvalue weighted by atomic mass is 9.98. The topological polar surface area (TPSA) is 131 Å². The summed E-state index contributed by atoms with van der Waals surface area (Å²) in [4.78, 5) is 46.0. The highest BCUT2D eigenvalue weighted by Gasteiger charge is 2.47. The summed E-state index contributed by atoms with van der Waals surface area (Å²) in [6.45, 7) is 1.73. The number of pyridine rings is 1. The van der Waals surface area contributed by atoms with Gasteiger partial charge in [-0.05, 0) is 19.1 Å². The Balaban J connectivity index is 1.47. The molecule has 1 aliphatic rings. The number of anilines is 1. The lowest BCUT2D eigenvalue weighted by Crippen LogP contribution is -2.32. The van der Waals surface area contributed by atoms with Crippen molar-refractivity contribution < 1.29 is 24.2 Å². The first-order valence-electron chi connectivity index (χ1n) is 12.3. The summed E-state index contributed by atoms with van der Waals surface area (Å²) in [5.74, 6) is -0.862. The van der Waals surface area contributed by atoms with Gasteiger partial charge in [0.1, 0.15) is 11.0 Å². The Morgan fingerprint density at radius 2 is 1.75 bits per heavy atom. The smallest absolute Gasteiger partial charge is 0.296 e. The van der Waals surface area contributed by atoms with E-state index in [9.17, 15) is 14.7 Å². The third kappa shape index (κ3) is 4.07. The highest BCUT2D eigenvalue weighted by molar-refractivity contribution is 7.17. The quantitative estimate of drug-likeness (QED) is 0.263. The fourth-order valence-corrected chi connectivity index (χ4v) is 5.77. The van der Waals surface area contributed by atoms with Crippen LogP contribution >= 0.6 is 11.3 Å². The lowest BCUT2D eigenvalue weighted by molar-refractivity contribution is -0.117. The first-order chi connectivity index (χ1) is 19.4. The largest absolute Gasteiger partial charge is 0.503 e. The predicted octanol–water partition coefficient (Wildman–Crippen LogP) is 5.19. The summed E-state index contributed by atoms with van der Waals surface area (Å²) in [6, 6.07) is 17.0. The van der Waals surface area contributed by atoms with Crippen LogP contribution in [0.25, 0.3) is 21.6 Å². The lowest BCUT2D eigenvalue weighted by Gasteiger charge is -2.23. The van der Waals surface area contributed by atoms with E-state index in [2.05, 4.69) is 19.9 Å². The van der Waals surface area contributed by atoms with Crippen molar-refractivity contribution in [3.63, 3.8) is 0 Å². The van der Waals surface area contributed by atoms with Crippen molar-refractivity contribution in [2.24, 2.45) is 0 Å². The van der Waals surface area contributed by atoms with Crippen molar-refractivity contribution in [3.05, 3.63) is 94.5 Å². The van der Waals surface area contributed by atoms with E-state index in [0.29, 0.717) is 43.8 Å². The first-order valence-corrected chi connectivity index (χ1v) is 13.1. The molecule has 1 unspecified atom stereocenters. The molecule has 2 N–H and O–H groups in total. The average Bonchev–Trinajstić information content (AvgIpc) is 3.66. The molecule has 0 saturated carbocycles. The highest BCUT2D eigenvalue weighted by atomic mass is 32.1. The van der Waals surface area contributed by atoms with Gasteiger partial charge in [0.05, 0.1) is 47.1 Å². The van der Waals surface area contributed by atoms with Gasteiger partial charge in [-0.15, -0.1) is 11.3 Å². The second-order valence-electron chi connectivity index (χ2n) is 9.01. The number of methoxy groups -OCH3 is 2. The number of hydrogen-bond donors (Lipinski definition) is 2. The number of aryl methyl sites for hydroxylation is 1. The van der Waals surface area contributed by atoms with Crippen LogP contribution < -0.4 is 14.4 Å². The Morgan fingerprint density at radius 1 is 1.02 bits per heavy atom. The molecule has 0 aliphatic carbocycles. The van der Waals surface area contributed by atoms with Gasteiger partial charge >= 0.3 is 0 Å². The van der Waals surface area contributed by atoms with E-state index >= 15 is 0 Å². The number of thiazole rings is 1. The van der Waals surface area contributed by atoms with Gasteiger partial charge in [-0.3, -0.25) is 19.5 Å². The van der Waals surface area contributed by atoms with E-state index < -0.39 is 23.5 Å². The maximum absolute atomic E-state index is 14.1. The molecule has 0 bridgehead atoms. The zero-order valence-electron chi connectivity index (χ0n) is 21.7.